The van der Waals surface area contributed by atoms with Gasteiger partial charge in [-0.15, -0.1) is 0 Å². The summed E-state index contributed by atoms with van der Waals surface area (Å²) in [5, 5.41) is 14.1. The number of carbonyl (C=O) groups is 2. The first-order chi connectivity index (χ1) is 16.8. The molecule has 1 amide bonds. The number of ether oxygens (including phenoxy) is 4. The highest BCUT2D eigenvalue weighted by Gasteiger charge is 2.20. The summed E-state index contributed by atoms with van der Waals surface area (Å²) in [7, 11) is 0. The fourth-order valence-electron chi connectivity index (χ4n) is 3.17. The van der Waals surface area contributed by atoms with Crippen LogP contribution < -0.4 is 19.5 Å². The number of nitrogens with zero attached hydrogens (tertiary/aromatic N) is 1. The van der Waals surface area contributed by atoms with E-state index in [0.29, 0.717) is 11.5 Å². The molecule has 3 aromatic rings. The SMILES string of the molecule is C[C@H](OC(=O)c1ccc(Oc2ccc(Cl)cc2[N+](=O)[O-])cc1)C(=O)NCc1ccc2c(c1)OCO2. The lowest BCUT2D eigenvalue weighted by Crippen LogP contribution is -2.35. The molecule has 0 spiro atoms. The number of nitrogens with one attached hydrogen (secondary N) is 1. The Bertz CT molecular complexity index is 1280. The topological polar surface area (TPSA) is 126 Å². The Labute approximate surface area is 204 Å². The van der Waals surface area contributed by atoms with Crippen LogP contribution in [-0.2, 0) is 16.1 Å². The van der Waals surface area contributed by atoms with Crippen molar-refractivity contribution in [3.63, 3.8) is 0 Å². The Morgan fingerprint density at radius 1 is 1.09 bits per heavy atom. The van der Waals surface area contributed by atoms with Gasteiger partial charge in [0.05, 0.1) is 10.5 Å². The van der Waals surface area contributed by atoms with Crippen molar-refractivity contribution in [2.45, 2.75) is 19.6 Å². The molecule has 1 aliphatic heterocycles. The zero-order valence-electron chi connectivity index (χ0n) is 18.4. The van der Waals surface area contributed by atoms with Gasteiger partial charge in [0, 0.05) is 17.6 Å². The standard InChI is InChI=1S/C24H19ClN2O8/c1-14(23(28)26-12-15-2-8-21-22(10-15)33-13-32-21)34-24(29)16-3-6-18(7-4-16)35-20-9-5-17(25)11-19(20)27(30)31/h2-11,14H,12-13H2,1H3,(H,26,28)/t14-/m0/s1. The predicted octanol–water partition coefficient (Wildman–Crippen LogP) is 4.63. The van der Waals surface area contributed by atoms with Gasteiger partial charge in [0.25, 0.3) is 5.91 Å². The molecule has 1 N–H and O–H groups in total. The molecule has 35 heavy (non-hydrogen) atoms. The van der Waals surface area contributed by atoms with E-state index in [9.17, 15) is 19.7 Å². The maximum atomic E-state index is 12.4. The number of fused-ring (bicyclic) bond motifs is 1. The fourth-order valence-corrected chi connectivity index (χ4v) is 3.34. The monoisotopic (exact) mass is 498 g/mol. The van der Waals surface area contributed by atoms with Crippen LogP contribution in [0.15, 0.2) is 60.7 Å². The number of nitro benzene ring substituents is 1. The molecule has 0 fully saturated rings. The molecule has 0 saturated carbocycles. The highest BCUT2D eigenvalue weighted by molar-refractivity contribution is 6.30. The van der Waals surface area contributed by atoms with E-state index in [0.717, 1.165) is 5.56 Å². The molecule has 10 nitrogen and oxygen atoms in total. The van der Waals surface area contributed by atoms with Crippen molar-refractivity contribution >= 4 is 29.2 Å². The number of benzene rings is 3. The van der Waals surface area contributed by atoms with Crippen molar-refractivity contribution in [2.75, 3.05) is 6.79 Å². The van der Waals surface area contributed by atoms with E-state index in [1.807, 2.05) is 0 Å². The van der Waals surface area contributed by atoms with Crippen LogP contribution in [0.2, 0.25) is 5.02 Å². The normalized spacial score (nSPS) is 12.5. The first-order valence-corrected chi connectivity index (χ1v) is 10.8. The van der Waals surface area contributed by atoms with Crippen LogP contribution >= 0.6 is 11.6 Å². The van der Waals surface area contributed by atoms with Crippen molar-refractivity contribution < 1.29 is 33.5 Å². The Kier molecular flexibility index (Phi) is 7.02. The Balaban J connectivity index is 1.31. The molecule has 0 bridgehead atoms. The quantitative estimate of drug-likeness (QED) is 0.270. The van der Waals surface area contributed by atoms with Crippen LogP contribution in [0.5, 0.6) is 23.0 Å². The number of esters is 1. The van der Waals surface area contributed by atoms with Crippen molar-refractivity contribution in [1.29, 1.82) is 0 Å². The van der Waals surface area contributed by atoms with Gasteiger partial charge in [-0.05, 0) is 61.0 Å². The summed E-state index contributed by atoms with van der Waals surface area (Å²) < 4.78 is 21.4. The predicted molar refractivity (Wildman–Crippen MR) is 124 cm³/mol. The highest BCUT2D eigenvalue weighted by Crippen LogP contribution is 2.34. The molecule has 4 rings (SSSR count). The first kappa shape index (κ1) is 23.8. The summed E-state index contributed by atoms with van der Waals surface area (Å²) >= 11 is 5.80. The number of nitro groups is 1. The van der Waals surface area contributed by atoms with Gasteiger partial charge in [0.2, 0.25) is 12.5 Å². The van der Waals surface area contributed by atoms with Crippen LogP contribution in [0.4, 0.5) is 5.69 Å². The molecule has 3 aromatic carbocycles. The zero-order chi connectivity index (χ0) is 24.9. The van der Waals surface area contributed by atoms with Crippen molar-refractivity contribution in [2.24, 2.45) is 0 Å². The first-order valence-electron chi connectivity index (χ1n) is 10.4. The molecule has 180 valence electrons. The summed E-state index contributed by atoms with van der Waals surface area (Å²) in [6, 6.07) is 15.1. The van der Waals surface area contributed by atoms with E-state index in [1.165, 1.54) is 49.4 Å². The fraction of sp³-hybridized carbons (Fsp3) is 0.167. The van der Waals surface area contributed by atoms with Gasteiger partial charge in [0.1, 0.15) is 5.75 Å². The Hall–Kier alpha value is -4.31. The van der Waals surface area contributed by atoms with Gasteiger partial charge >= 0.3 is 11.7 Å². The molecule has 0 saturated heterocycles. The zero-order valence-corrected chi connectivity index (χ0v) is 19.1. The lowest BCUT2D eigenvalue weighted by molar-refractivity contribution is -0.385. The minimum Gasteiger partial charge on any atom is -0.454 e. The number of halogens is 1. The van der Waals surface area contributed by atoms with Crippen molar-refractivity contribution in [1.82, 2.24) is 5.32 Å². The lowest BCUT2D eigenvalue weighted by atomic mass is 10.2. The third-order valence-corrected chi connectivity index (χ3v) is 5.23. The number of rotatable bonds is 8. The van der Waals surface area contributed by atoms with Gasteiger partial charge in [-0.1, -0.05) is 17.7 Å². The average molecular weight is 499 g/mol. The molecule has 1 atom stereocenters. The maximum absolute atomic E-state index is 12.4. The third kappa shape index (κ3) is 5.79. The number of hydrogen-bond acceptors (Lipinski definition) is 8. The van der Waals surface area contributed by atoms with E-state index in [1.54, 1.807) is 18.2 Å². The molecule has 0 aliphatic carbocycles. The van der Waals surface area contributed by atoms with Crippen LogP contribution in [0.25, 0.3) is 0 Å². The van der Waals surface area contributed by atoms with Crippen LogP contribution in [0.3, 0.4) is 0 Å². The van der Waals surface area contributed by atoms with Gasteiger partial charge in [-0.2, -0.15) is 0 Å². The summed E-state index contributed by atoms with van der Waals surface area (Å²) in [6.45, 7) is 1.84. The van der Waals surface area contributed by atoms with Gasteiger partial charge in [-0.25, -0.2) is 4.79 Å². The summed E-state index contributed by atoms with van der Waals surface area (Å²) in [5.74, 6) is 0.342. The van der Waals surface area contributed by atoms with Gasteiger partial charge in [-0.3, -0.25) is 14.9 Å². The molecular formula is C24H19ClN2O8. The molecule has 1 heterocycles. The molecule has 0 radical (unpaired) electrons. The number of hydrogen-bond donors (Lipinski definition) is 1. The highest BCUT2D eigenvalue weighted by atomic mass is 35.5. The largest absolute Gasteiger partial charge is 0.454 e. The second kappa shape index (κ2) is 10.3. The van der Waals surface area contributed by atoms with E-state index in [4.69, 9.17) is 30.5 Å². The third-order valence-electron chi connectivity index (χ3n) is 4.99. The summed E-state index contributed by atoms with van der Waals surface area (Å²) in [4.78, 5) is 35.4. The summed E-state index contributed by atoms with van der Waals surface area (Å²) in [6.07, 6.45) is -1.04. The van der Waals surface area contributed by atoms with Crippen LogP contribution in [-0.4, -0.2) is 29.7 Å². The number of carbonyl (C=O) groups excluding carboxylic acids is 2. The van der Waals surface area contributed by atoms with Gasteiger partial charge in [0.15, 0.2) is 17.6 Å². The molecule has 0 unspecified atom stereocenters. The van der Waals surface area contributed by atoms with E-state index in [-0.39, 0.29) is 41.1 Å². The van der Waals surface area contributed by atoms with Gasteiger partial charge < -0.3 is 24.3 Å². The maximum Gasteiger partial charge on any atom is 0.338 e. The number of amides is 1. The van der Waals surface area contributed by atoms with Crippen LogP contribution in [0, 0.1) is 10.1 Å². The van der Waals surface area contributed by atoms with Crippen molar-refractivity contribution in [3.8, 4) is 23.0 Å². The summed E-state index contributed by atoms with van der Waals surface area (Å²) in [5.41, 5.74) is 0.692. The van der Waals surface area contributed by atoms with Crippen LogP contribution in [0.1, 0.15) is 22.8 Å². The average Bonchev–Trinajstić information content (AvgIpc) is 3.32. The van der Waals surface area contributed by atoms with E-state index >= 15 is 0 Å². The molecule has 0 aromatic heterocycles. The molecule has 1 aliphatic rings. The van der Waals surface area contributed by atoms with Crippen molar-refractivity contribution in [3.05, 3.63) is 86.9 Å². The Morgan fingerprint density at radius 2 is 1.83 bits per heavy atom. The minimum absolute atomic E-state index is 0.00230. The molecule has 11 heteroatoms. The Morgan fingerprint density at radius 3 is 2.57 bits per heavy atom. The van der Waals surface area contributed by atoms with E-state index in [2.05, 4.69) is 5.32 Å². The smallest absolute Gasteiger partial charge is 0.338 e. The molecular weight excluding hydrogens is 480 g/mol. The second-order valence-corrected chi connectivity index (χ2v) is 7.88. The minimum atomic E-state index is -1.04. The van der Waals surface area contributed by atoms with E-state index < -0.39 is 22.9 Å². The lowest BCUT2D eigenvalue weighted by Gasteiger charge is -2.14. The second-order valence-electron chi connectivity index (χ2n) is 7.45.